The van der Waals surface area contributed by atoms with Crippen LogP contribution in [0.3, 0.4) is 0 Å². The molecule has 1 spiro atoms. The van der Waals surface area contributed by atoms with Crippen molar-refractivity contribution in [2.75, 3.05) is 32.5 Å². The van der Waals surface area contributed by atoms with Crippen LogP contribution in [0.25, 0.3) is 0 Å². The van der Waals surface area contributed by atoms with E-state index in [9.17, 15) is 9.59 Å². The molecule has 0 saturated carbocycles. The van der Waals surface area contributed by atoms with E-state index in [0.717, 1.165) is 31.4 Å². The minimum absolute atomic E-state index is 0.0276. The Morgan fingerprint density at radius 1 is 1.20 bits per heavy atom. The Labute approximate surface area is 153 Å². The molecular formula is C18H24ClN3O3. The Kier molecular flexibility index (Phi) is 5.20. The van der Waals surface area contributed by atoms with Gasteiger partial charge in [-0.2, -0.15) is 0 Å². The van der Waals surface area contributed by atoms with E-state index in [1.165, 1.54) is 0 Å². The van der Waals surface area contributed by atoms with E-state index in [1.807, 2.05) is 0 Å². The summed E-state index contributed by atoms with van der Waals surface area (Å²) in [5.74, 6) is 0.0276. The molecule has 2 fully saturated rings. The number of piperidine rings is 1. The zero-order valence-electron chi connectivity index (χ0n) is 14.6. The SMILES string of the molecule is CN(C)C(=O)C1CCC2(CCN(C(=O)Nc3ccc(Cl)cc3)CC2)O1. The second-order valence-corrected chi connectivity index (χ2v) is 7.42. The molecule has 2 saturated heterocycles. The third kappa shape index (κ3) is 4.07. The van der Waals surface area contributed by atoms with E-state index in [2.05, 4.69) is 5.32 Å². The van der Waals surface area contributed by atoms with Crippen LogP contribution < -0.4 is 5.32 Å². The van der Waals surface area contributed by atoms with Gasteiger partial charge in [-0.3, -0.25) is 4.79 Å². The van der Waals surface area contributed by atoms with Gasteiger partial charge < -0.3 is 19.9 Å². The van der Waals surface area contributed by atoms with Gasteiger partial charge >= 0.3 is 6.03 Å². The van der Waals surface area contributed by atoms with Crippen LogP contribution in [0.15, 0.2) is 24.3 Å². The lowest BCUT2D eigenvalue weighted by atomic mass is 9.88. The van der Waals surface area contributed by atoms with Crippen LogP contribution in [-0.2, 0) is 9.53 Å². The number of ether oxygens (including phenoxy) is 1. The van der Waals surface area contributed by atoms with Crippen LogP contribution in [0.1, 0.15) is 25.7 Å². The third-order valence-corrected chi connectivity index (χ3v) is 5.28. The summed E-state index contributed by atoms with van der Waals surface area (Å²) >= 11 is 5.86. The fourth-order valence-electron chi connectivity index (χ4n) is 3.50. The van der Waals surface area contributed by atoms with Gasteiger partial charge in [-0.25, -0.2) is 4.79 Å². The molecule has 1 atom stereocenters. The summed E-state index contributed by atoms with van der Waals surface area (Å²) in [6.45, 7) is 1.25. The molecule has 3 rings (SSSR count). The van der Waals surface area contributed by atoms with Gasteiger partial charge in [0.25, 0.3) is 5.91 Å². The van der Waals surface area contributed by atoms with Crippen molar-refractivity contribution in [2.24, 2.45) is 0 Å². The maximum Gasteiger partial charge on any atom is 0.321 e. The monoisotopic (exact) mass is 365 g/mol. The van der Waals surface area contributed by atoms with Crippen molar-refractivity contribution in [1.29, 1.82) is 0 Å². The quantitative estimate of drug-likeness (QED) is 0.876. The summed E-state index contributed by atoms with van der Waals surface area (Å²) in [5.41, 5.74) is 0.469. The third-order valence-electron chi connectivity index (χ3n) is 5.03. The maximum atomic E-state index is 12.4. The van der Waals surface area contributed by atoms with Crippen molar-refractivity contribution in [3.63, 3.8) is 0 Å². The van der Waals surface area contributed by atoms with Crippen LogP contribution in [-0.4, -0.2) is 60.6 Å². The molecule has 2 aliphatic heterocycles. The van der Waals surface area contributed by atoms with Gasteiger partial charge in [0.2, 0.25) is 0 Å². The molecule has 1 aromatic carbocycles. The second-order valence-electron chi connectivity index (χ2n) is 6.98. The molecule has 25 heavy (non-hydrogen) atoms. The van der Waals surface area contributed by atoms with Gasteiger partial charge in [-0.05, 0) is 49.9 Å². The summed E-state index contributed by atoms with van der Waals surface area (Å²) < 4.78 is 6.11. The van der Waals surface area contributed by atoms with E-state index in [1.54, 1.807) is 48.2 Å². The van der Waals surface area contributed by atoms with Gasteiger partial charge in [0, 0.05) is 37.9 Å². The van der Waals surface area contributed by atoms with Gasteiger partial charge in [0.05, 0.1) is 5.60 Å². The standard InChI is InChI=1S/C18H24ClN3O3/c1-21(2)16(23)15-7-8-18(25-15)9-11-22(12-10-18)17(24)20-14-5-3-13(19)4-6-14/h3-6,15H,7-12H2,1-2H3,(H,20,24). The second kappa shape index (κ2) is 7.22. The fraction of sp³-hybridized carbons (Fsp3) is 0.556. The molecule has 0 aromatic heterocycles. The molecule has 1 N–H and O–H groups in total. The number of rotatable bonds is 2. The molecule has 136 valence electrons. The fourth-order valence-corrected chi connectivity index (χ4v) is 3.62. The van der Waals surface area contributed by atoms with E-state index in [4.69, 9.17) is 16.3 Å². The Morgan fingerprint density at radius 3 is 2.44 bits per heavy atom. The minimum Gasteiger partial charge on any atom is -0.362 e. The zero-order chi connectivity index (χ0) is 18.0. The van der Waals surface area contributed by atoms with Crippen molar-refractivity contribution in [2.45, 2.75) is 37.4 Å². The van der Waals surface area contributed by atoms with E-state index in [-0.39, 0.29) is 23.6 Å². The Morgan fingerprint density at radius 2 is 1.84 bits per heavy atom. The van der Waals surface area contributed by atoms with Crippen LogP contribution >= 0.6 is 11.6 Å². The molecule has 7 heteroatoms. The molecule has 6 nitrogen and oxygen atoms in total. The molecule has 2 aliphatic rings. The van der Waals surface area contributed by atoms with Crippen LogP contribution in [0.4, 0.5) is 10.5 Å². The first kappa shape index (κ1) is 18.0. The van der Waals surface area contributed by atoms with Crippen molar-refractivity contribution in [1.82, 2.24) is 9.80 Å². The number of likely N-dealkylation sites (N-methyl/N-ethyl adjacent to an activating group) is 1. The largest absolute Gasteiger partial charge is 0.362 e. The smallest absolute Gasteiger partial charge is 0.321 e. The van der Waals surface area contributed by atoms with Gasteiger partial charge in [-0.15, -0.1) is 0 Å². The molecule has 1 unspecified atom stereocenters. The van der Waals surface area contributed by atoms with E-state index in [0.29, 0.717) is 18.1 Å². The normalized spacial score (nSPS) is 22.0. The number of nitrogens with one attached hydrogen (secondary N) is 1. The van der Waals surface area contributed by atoms with Gasteiger partial charge in [0.1, 0.15) is 6.10 Å². The first-order valence-electron chi connectivity index (χ1n) is 8.59. The number of hydrogen-bond donors (Lipinski definition) is 1. The lowest BCUT2D eigenvalue weighted by Gasteiger charge is -2.39. The summed E-state index contributed by atoms with van der Waals surface area (Å²) in [5, 5.41) is 3.52. The highest BCUT2D eigenvalue weighted by atomic mass is 35.5. The van der Waals surface area contributed by atoms with E-state index >= 15 is 0 Å². The Bertz CT molecular complexity index is 639. The molecule has 0 bridgehead atoms. The number of halogens is 1. The first-order valence-corrected chi connectivity index (χ1v) is 8.97. The number of benzene rings is 1. The average molecular weight is 366 g/mol. The number of amides is 3. The predicted octanol–water partition coefficient (Wildman–Crippen LogP) is 2.97. The van der Waals surface area contributed by atoms with Crippen molar-refractivity contribution in [3.05, 3.63) is 29.3 Å². The molecule has 0 aliphatic carbocycles. The van der Waals surface area contributed by atoms with Crippen LogP contribution in [0.2, 0.25) is 5.02 Å². The highest BCUT2D eigenvalue weighted by Crippen LogP contribution is 2.39. The zero-order valence-corrected chi connectivity index (χ0v) is 15.4. The number of nitrogens with zero attached hydrogens (tertiary/aromatic N) is 2. The molecule has 0 radical (unpaired) electrons. The lowest BCUT2D eigenvalue weighted by Crippen LogP contribution is -2.48. The first-order chi connectivity index (χ1) is 11.9. The highest BCUT2D eigenvalue weighted by molar-refractivity contribution is 6.30. The average Bonchev–Trinajstić information content (AvgIpc) is 3.00. The minimum atomic E-state index is -0.343. The summed E-state index contributed by atoms with van der Waals surface area (Å²) in [4.78, 5) is 27.9. The molecule has 1 aromatic rings. The van der Waals surface area contributed by atoms with Gasteiger partial charge in [-0.1, -0.05) is 11.6 Å². The Balaban J connectivity index is 1.52. The maximum absolute atomic E-state index is 12.4. The number of carbonyl (C=O) groups is 2. The number of hydrogen-bond acceptors (Lipinski definition) is 3. The lowest BCUT2D eigenvalue weighted by molar-refractivity contribution is -0.148. The summed E-state index contributed by atoms with van der Waals surface area (Å²) in [7, 11) is 3.50. The molecule has 3 amide bonds. The van der Waals surface area contributed by atoms with Crippen molar-refractivity contribution < 1.29 is 14.3 Å². The Hall–Kier alpha value is -1.79. The van der Waals surface area contributed by atoms with Crippen molar-refractivity contribution >= 4 is 29.2 Å². The highest BCUT2D eigenvalue weighted by Gasteiger charge is 2.45. The summed E-state index contributed by atoms with van der Waals surface area (Å²) in [6.07, 6.45) is 2.82. The number of anilines is 1. The predicted molar refractivity (Wildman–Crippen MR) is 96.8 cm³/mol. The topological polar surface area (TPSA) is 61.9 Å². The summed E-state index contributed by atoms with van der Waals surface area (Å²) in [6, 6.07) is 6.94. The number of likely N-dealkylation sites (tertiary alicyclic amines) is 1. The van der Waals surface area contributed by atoms with Gasteiger partial charge in [0.15, 0.2) is 0 Å². The molecular weight excluding hydrogens is 342 g/mol. The van der Waals surface area contributed by atoms with E-state index < -0.39 is 0 Å². The number of carbonyl (C=O) groups excluding carboxylic acids is 2. The van der Waals surface area contributed by atoms with Crippen LogP contribution in [0, 0.1) is 0 Å². The molecule has 2 heterocycles. The van der Waals surface area contributed by atoms with Crippen LogP contribution in [0.5, 0.6) is 0 Å². The van der Waals surface area contributed by atoms with Crippen molar-refractivity contribution in [3.8, 4) is 0 Å². The number of urea groups is 1.